The number of carbonyl (C=O) groups is 2. The lowest BCUT2D eigenvalue weighted by Gasteiger charge is -2.07. The SMILES string of the molecule is O=C(O)COc1cccc(CNC(=O)c2n[nH]c3ccccc23)c1. The summed E-state index contributed by atoms with van der Waals surface area (Å²) < 4.78 is 5.12. The second-order valence-corrected chi connectivity index (χ2v) is 5.13. The Bertz CT molecular complexity index is 888. The smallest absolute Gasteiger partial charge is 0.341 e. The molecule has 7 nitrogen and oxygen atoms in total. The number of nitrogens with one attached hydrogen (secondary N) is 2. The molecule has 3 rings (SSSR count). The molecule has 0 saturated heterocycles. The van der Waals surface area contributed by atoms with Crippen LogP contribution < -0.4 is 10.1 Å². The summed E-state index contributed by atoms with van der Waals surface area (Å²) in [6.07, 6.45) is 0. The molecule has 3 N–H and O–H groups in total. The minimum absolute atomic E-state index is 0.282. The van der Waals surface area contributed by atoms with Crippen molar-refractivity contribution < 1.29 is 19.4 Å². The number of ether oxygens (including phenoxy) is 1. The number of rotatable bonds is 6. The molecule has 0 bridgehead atoms. The number of fused-ring (bicyclic) bond motifs is 1. The van der Waals surface area contributed by atoms with E-state index in [4.69, 9.17) is 9.84 Å². The van der Waals surface area contributed by atoms with E-state index in [-0.39, 0.29) is 12.5 Å². The van der Waals surface area contributed by atoms with E-state index in [1.54, 1.807) is 18.2 Å². The summed E-state index contributed by atoms with van der Waals surface area (Å²) >= 11 is 0. The van der Waals surface area contributed by atoms with Crippen molar-refractivity contribution in [1.29, 1.82) is 0 Å². The molecule has 122 valence electrons. The van der Waals surface area contributed by atoms with E-state index in [0.29, 0.717) is 11.4 Å². The van der Waals surface area contributed by atoms with Crippen LogP contribution in [0.3, 0.4) is 0 Å². The van der Waals surface area contributed by atoms with Crippen molar-refractivity contribution in [3.8, 4) is 5.75 Å². The van der Waals surface area contributed by atoms with Crippen LogP contribution in [0.1, 0.15) is 16.1 Å². The van der Waals surface area contributed by atoms with Crippen LogP contribution in [0.5, 0.6) is 5.75 Å². The maximum Gasteiger partial charge on any atom is 0.341 e. The van der Waals surface area contributed by atoms with Crippen molar-refractivity contribution in [3.63, 3.8) is 0 Å². The fraction of sp³-hybridized carbons (Fsp3) is 0.118. The molecule has 0 aliphatic carbocycles. The van der Waals surface area contributed by atoms with Crippen LogP contribution in [0.25, 0.3) is 10.9 Å². The van der Waals surface area contributed by atoms with Gasteiger partial charge in [-0.1, -0.05) is 30.3 Å². The van der Waals surface area contributed by atoms with Crippen molar-refractivity contribution in [2.45, 2.75) is 6.54 Å². The Balaban J connectivity index is 1.66. The second-order valence-electron chi connectivity index (χ2n) is 5.13. The van der Waals surface area contributed by atoms with E-state index in [1.165, 1.54) is 0 Å². The molecule has 0 unspecified atom stereocenters. The first-order chi connectivity index (χ1) is 11.6. The van der Waals surface area contributed by atoms with Crippen molar-refractivity contribution in [1.82, 2.24) is 15.5 Å². The van der Waals surface area contributed by atoms with Gasteiger partial charge in [-0.05, 0) is 23.8 Å². The fourth-order valence-corrected chi connectivity index (χ4v) is 2.29. The molecule has 0 aliphatic heterocycles. The molecule has 0 aliphatic rings. The predicted molar refractivity (Wildman–Crippen MR) is 86.8 cm³/mol. The first-order valence-electron chi connectivity index (χ1n) is 7.28. The maximum atomic E-state index is 12.3. The number of aromatic nitrogens is 2. The van der Waals surface area contributed by atoms with Crippen molar-refractivity contribution >= 4 is 22.8 Å². The molecule has 0 fully saturated rings. The van der Waals surface area contributed by atoms with E-state index < -0.39 is 12.6 Å². The first-order valence-corrected chi connectivity index (χ1v) is 7.28. The van der Waals surface area contributed by atoms with E-state index in [9.17, 15) is 9.59 Å². The summed E-state index contributed by atoms with van der Waals surface area (Å²) in [6, 6.07) is 14.3. The number of aliphatic carboxylic acids is 1. The highest BCUT2D eigenvalue weighted by atomic mass is 16.5. The number of hydrogen-bond donors (Lipinski definition) is 3. The van der Waals surface area contributed by atoms with Crippen molar-refractivity contribution in [2.24, 2.45) is 0 Å². The summed E-state index contributed by atoms with van der Waals surface area (Å²) in [6.45, 7) is -0.126. The van der Waals surface area contributed by atoms with Crippen LogP contribution in [0.2, 0.25) is 0 Å². The van der Waals surface area contributed by atoms with Gasteiger partial charge >= 0.3 is 5.97 Å². The van der Waals surface area contributed by atoms with Crippen LogP contribution in [-0.2, 0) is 11.3 Å². The molecule has 1 aromatic heterocycles. The highest BCUT2D eigenvalue weighted by molar-refractivity contribution is 6.04. The normalized spacial score (nSPS) is 10.5. The lowest BCUT2D eigenvalue weighted by molar-refractivity contribution is -0.139. The standard InChI is InChI=1S/C17H15N3O4/c21-15(22)10-24-12-5-3-4-11(8-12)9-18-17(23)16-13-6-1-2-7-14(13)19-20-16/h1-8H,9-10H2,(H,18,23)(H,19,20)(H,21,22). The lowest BCUT2D eigenvalue weighted by atomic mass is 10.2. The van der Waals surface area contributed by atoms with Gasteiger partial charge < -0.3 is 15.2 Å². The summed E-state index contributed by atoms with van der Waals surface area (Å²) in [5.41, 5.74) is 1.93. The minimum atomic E-state index is -1.04. The minimum Gasteiger partial charge on any atom is -0.482 e. The number of para-hydroxylation sites is 1. The molecule has 3 aromatic rings. The Labute approximate surface area is 137 Å². The Kier molecular flexibility index (Phi) is 4.42. The molecule has 0 saturated carbocycles. The van der Waals surface area contributed by atoms with Crippen LogP contribution in [-0.4, -0.2) is 33.8 Å². The third kappa shape index (κ3) is 3.52. The van der Waals surface area contributed by atoms with Gasteiger partial charge in [0, 0.05) is 11.9 Å². The van der Waals surface area contributed by atoms with Gasteiger partial charge in [0.25, 0.3) is 5.91 Å². The number of carboxylic acids is 1. The van der Waals surface area contributed by atoms with Gasteiger partial charge in [-0.3, -0.25) is 9.89 Å². The molecular formula is C17H15N3O4. The summed E-state index contributed by atoms with van der Waals surface area (Å²) in [5.74, 6) is -0.891. The molecule has 0 spiro atoms. The zero-order valence-corrected chi connectivity index (χ0v) is 12.7. The number of nitrogens with zero attached hydrogens (tertiary/aromatic N) is 1. The molecule has 7 heteroatoms. The molecule has 0 radical (unpaired) electrons. The van der Waals surface area contributed by atoms with Gasteiger partial charge in [0.2, 0.25) is 0 Å². The maximum absolute atomic E-state index is 12.3. The van der Waals surface area contributed by atoms with Crippen LogP contribution >= 0.6 is 0 Å². The van der Waals surface area contributed by atoms with Gasteiger partial charge in [-0.2, -0.15) is 5.10 Å². The molecular weight excluding hydrogens is 310 g/mol. The average Bonchev–Trinajstić information content (AvgIpc) is 3.02. The predicted octanol–water partition coefficient (Wildman–Crippen LogP) is 1.96. The first kappa shape index (κ1) is 15.5. The Hall–Kier alpha value is -3.35. The van der Waals surface area contributed by atoms with Gasteiger partial charge in [0.05, 0.1) is 5.52 Å². The van der Waals surface area contributed by atoms with E-state index >= 15 is 0 Å². The molecule has 2 aromatic carbocycles. The molecule has 0 atom stereocenters. The van der Waals surface area contributed by atoms with Gasteiger partial charge in [-0.15, -0.1) is 0 Å². The number of amides is 1. The zero-order valence-electron chi connectivity index (χ0n) is 12.7. The Morgan fingerprint density at radius 2 is 2.00 bits per heavy atom. The zero-order chi connectivity index (χ0) is 16.9. The quantitative estimate of drug-likeness (QED) is 0.642. The topological polar surface area (TPSA) is 104 Å². The van der Waals surface area contributed by atoms with Crippen LogP contribution in [0.4, 0.5) is 0 Å². The van der Waals surface area contributed by atoms with E-state index in [2.05, 4.69) is 15.5 Å². The third-order valence-corrected chi connectivity index (χ3v) is 3.40. The largest absolute Gasteiger partial charge is 0.482 e. The molecule has 24 heavy (non-hydrogen) atoms. The summed E-state index contributed by atoms with van der Waals surface area (Å²) in [4.78, 5) is 22.8. The number of benzene rings is 2. The monoisotopic (exact) mass is 325 g/mol. The molecule has 1 amide bonds. The van der Waals surface area contributed by atoms with Gasteiger partial charge in [0.1, 0.15) is 5.75 Å². The van der Waals surface area contributed by atoms with Gasteiger partial charge in [0.15, 0.2) is 12.3 Å². The number of aromatic amines is 1. The highest BCUT2D eigenvalue weighted by Gasteiger charge is 2.13. The lowest BCUT2D eigenvalue weighted by Crippen LogP contribution is -2.23. The Morgan fingerprint density at radius 1 is 1.17 bits per heavy atom. The van der Waals surface area contributed by atoms with E-state index in [1.807, 2.05) is 30.3 Å². The number of H-pyrrole nitrogens is 1. The number of carboxylic acid groups (broad SMARTS) is 1. The summed E-state index contributed by atoms with van der Waals surface area (Å²) in [7, 11) is 0. The third-order valence-electron chi connectivity index (χ3n) is 3.40. The highest BCUT2D eigenvalue weighted by Crippen LogP contribution is 2.16. The van der Waals surface area contributed by atoms with Crippen LogP contribution in [0.15, 0.2) is 48.5 Å². The number of hydrogen-bond acceptors (Lipinski definition) is 4. The average molecular weight is 325 g/mol. The van der Waals surface area contributed by atoms with Crippen LogP contribution in [0, 0.1) is 0 Å². The van der Waals surface area contributed by atoms with Gasteiger partial charge in [-0.25, -0.2) is 4.79 Å². The Morgan fingerprint density at radius 3 is 2.83 bits per heavy atom. The molecule has 1 heterocycles. The number of carbonyl (C=O) groups excluding carboxylic acids is 1. The summed E-state index contributed by atoms with van der Waals surface area (Å²) in [5, 5.41) is 19.0. The van der Waals surface area contributed by atoms with Crippen molar-refractivity contribution in [2.75, 3.05) is 6.61 Å². The second kappa shape index (κ2) is 6.82. The fourth-order valence-electron chi connectivity index (χ4n) is 2.29. The van der Waals surface area contributed by atoms with E-state index in [0.717, 1.165) is 16.5 Å². The van der Waals surface area contributed by atoms with Crippen molar-refractivity contribution in [3.05, 3.63) is 59.8 Å².